The maximum absolute atomic E-state index is 12.1. The number of fused-ring (bicyclic) bond motifs is 4. The molecule has 0 spiro atoms. The van der Waals surface area contributed by atoms with Crippen LogP contribution in [0.2, 0.25) is 0 Å². The molecule has 4 rings (SSSR count). The van der Waals surface area contributed by atoms with Crippen molar-refractivity contribution >= 4 is 5.97 Å². The van der Waals surface area contributed by atoms with Crippen LogP contribution in [0.15, 0.2) is 11.6 Å². The molecule has 0 aromatic rings. The molecule has 0 aliphatic heterocycles. The highest BCUT2D eigenvalue weighted by Gasteiger charge is 2.73. The highest BCUT2D eigenvalue weighted by atomic mass is 16.5. The van der Waals surface area contributed by atoms with Gasteiger partial charge in [0.05, 0.1) is 12.5 Å². The molecular formula is C13H16O2. The van der Waals surface area contributed by atoms with Crippen LogP contribution in [0.5, 0.6) is 0 Å². The minimum absolute atomic E-state index is 0.0831. The van der Waals surface area contributed by atoms with Gasteiger partial charge in [0, 0.05) is 0 Å². The minimum Gasteiger partial charge on any atom is -0.469 e. The van der Waals surface area contributed by atoms with Crippen molar-refractivity contribution in [2.24, 2.45) is 29.1 Å². The Labute approximate surface area is 89.7 Å². The molecule has 4 aliphatic carbocycles. The van der Waals surface area contributed by atoms with Gasteiger partial charge in [0.15, 0.2) is 0 Å². The molecule has 5 atom stereocenters. The number of carbonyl (C=O) groups is 1. The van der Waals surface area contributed by atoms with E-state index in [0.29, 0.717) is 11.8 Å². The van der Waals surface area contributed by atoms with Gasteiger partial charge >= 0.3 is 5.97 Å². The maximum atomic E-state index is 12.1. The summed E-state index contributed by atoms with van der Waals surface area (Å²) in [6, 6.07) is 0. The molecule has 2 nitrogen and oxygen atoms in total. The van der Waals surface area contributed by atoms with Gasteiger partial charge in [0.25, 0.3) is 0 Å². The van der Waals surface area contributed by atoms with Crippen LogP contribution in [-0.2, 0) is 9.53 Å². The van der Waals surface area contributed by atoms with Crippen molar-refractivity contribution in [1.82, 2.24) is 0 Å². The van der Waals surface area contributed by atoms with Crippen molar-refractivity contribution < 1.29 is 9.53 Å². The van der Waals surface area contributed by atoms with E-state index in [0.717, 1.165) is 18.3 Å². The van der Waals surface area contributed by atoms with Crippen LogP contribution in [0.4, 0.5) is 0 Å². The number of allylic oxidation sites excluding steroid dienone is 2. The quantitative estimate of drug-likeness (QED) is 0.483. The molecule has 2 heteroatoms. The van der Waals surface area contributed by atoms with Crippen LogP contribution in [-0.4, -0.2) is 13.1 Å². The van der Waals surface area contributed by atoms with E-state index in [1.54, 1.807) is 12.7 Å². The summed E-state index contributed by atoms with van der Waals surface area (Å²) in [6.07, 6.45) is 7.06. The van der Waals surface area contributed by atoms with E-state index >= 15 is 0 Å². The first kappa shape index (κ1) is 8.37. The lowest BCUT2D eigenvalue weighted by Gasteiger charge is -2.36. The van der Waals surface area contributed by atoms with Gasteiger partial charge in [-0.1, -0.05) is 11.6 Å². The molecule has 5 unspecified atom stereocenters. The number of hydrogen-bond donors (Lipinski definition) is 0. The zero-order valence-electron chi connectivity index (χ0n) is 9.03. The first-order valence-electron chi connectivity index (χ1n) is 6.03. The van der Waals surface area contributed by atoms with E-state index in [2.05, 4.69) is 6.08 Å². The number of rotatable bonds is 1. The zero-order chi connectivity index (χ0) is 10.2. The fourth-order valence-electron chi connectivity index (χ4n) is 4.89. The molecule has 15 heavy (non-hydrogen) atoms. The topological polar surface area (TPSA) is 26.3 Å². The summed E-state index contributed by atoms with van der Waals surface area (Å²) < 4.78 is 5.09. The third-order valence-electron chi connectivity index (χ3n) is 5.50. The number of hydrogen-bond acceptors (Lipinski definition) is 2. The third-order valence-corrected chi connectivity index (χ3v) is 5.50. The number of ether oxygens (including phenoxy) is 1. The normalized spacial score (nSPS) is 53.5. The van der Waals surface area contributed by atoms with Crippen LogP contribution in [0.3, 0.4) is 0 Å². The van der Waals surface area contributed by atoms with Crippen LogP contribution in [0.1, 0.15) is 25.7 Å². The first-order chi connectivity index (χ1) is 7.27. The van der Waals surface area contributed by atoms with Gasteiger partial charge in [-0.2, -0.15) is 0 Å². The molecule has 0 saturated heterocycles. The Balaban J connectivity index is 1.86. The second-order valence-corrected chi connectivity index (χ2v) is 5.78. The summed E-state index contributed by atoms with van der Waals surface area (Å²) >= 11 is 0. The van der Waals surface area contributed by atoms with E-state index in [1.165, 1.54) is 19.3 Å². The Hall–Kier alpha value is -0.790. The molecular weight excluding hydrogens is 188 g/mol. The lowest BCUT2D eigenvalue weighted by molar-refractivity contribution is -0.157. The van der Waals surface area contributed by atoms with E-state index in [-0.39, 0.29) is 11.4 Å². The second kappa shape index (κ2) is 2.31. The Morgan fingerprint density at radius 3 is 3.07 bits per heavy atom. The van der Waals surface area contributed by atoms with Gasteiger partial charge in [-0.25, -0.2) is 0 Å². The van der Waals surface area contributed by atoms with Gasteiger partial charge in [0.2, 0.25) is 0 Å². The monoisotopic (exact) mass is 204 g/mol. The lowest BCUT2D eigenvalue weighted by Crippen LogP contribution is -2.40. The van der Waals surface area contributed by atoms with Crippen molar-refractivity contribution in [3.63, 3.8) is 0 Å². The minimum atomic E-state index is -0.0932. The Kier molecular flexibility index (Phi) is 1.29. The van der Waals surface area contributed by atoms with E-state index in [4.69, 9.17) is 4.74 Å². The first-order valence-corrected chi connectivity index (χ1v) is 6.03. The number of carbonyl (C=O) groups excluding carboxylic acids is 1. The molecule has 0 N–H and O–H groups in total. The summed E-state index contributed by atoms with van der Waals surface area (Å²) in [4.78, 5) is 12.1. The van der Waals surface area contributed by atoms with Gasteiger partial charge in [-0.15, -0.1) is 0 Å². The summed E-state index contributed by atoms with van der Waals surface area (Å²) in [6.45, 7) is 0. The second-order valence-electron chi connectivity index (χ2n) is 5.78. The number of methoxy groups -OCH3 is 1. The summed E-state index contributed by atoms with van der Waals surface area (Å²) in [5, 5.41) is 0. The average Bonchev–Trinajstić information content (AvgIpc) is 2.88. The van der Waals surface area contributed by atoms with Gasteiger partial charge < -0.3 is 4.74 Å². The Bertz CT molecular complexity index is 384. The summed E-state index contributed by atoms with van der Waals surface area (Å²) in [5.41, 5.74) is 1.53. The SMILES string of the molecule is COC(=O)C12CC=C3CC(C4CC41)C2C3. The summed E-state index contributed by atoms with van der Waals surface area (Å²) in [5.74, 6) is 3.06. The molecule has 0 heterocycles. The molecule has 4 aliphatic rings. The zero-order valence-corrected chi connectivity index (χ0v) is 9.03. The highest BCUT2D eigenvalue weighted by Crippen LogP contribution is 2.75. The van der Waals surface area contributed by atoms with Gasteiger partial charge in [-0.05, 0) is 49.4 Å². The predicted octanol–water partition coefficient (Wildman–Crippen LogP) is 2.15. The van der Waals surface area contributed by atoms with Crippen LogP contribution < -0.4 is 0 Å². The van der Waals surface area contributed by atoms with Crippen molar-refractivity contribution in [3.8, 4) is 0 Å². The van der Waals surface area contributed by atoms with E-state index in [1.807, 2.05) is 0 Å². The highest BCUT2D eigenvalue weighted by molar-refractivity contribution is 5.80. The fourth-order valence-corrected chi connectivity index (χ4v) is 4.89. The average molecular weight is 204 g/mol. The van der Waals surface area contributed by atoms with Crippen LogP contribution >= 0.6 is 0 Å². The standard InChI is InChI=1S/C13H16O2/c1-15-12(14)13-3-2-7-4-8(10(13)5-7)9-6-11(9)13/h2,8-11H,3-6H2,1H3. The summed E-state index contributed by atoms with van der Waals surface area (Å²) in [7, 11) is 1.55. The molecule has 2 bridgehead atoms. The van der Waals surface area contributed by atoms with Crippen molar-refractivity contribution in [2.75, 3.05) is 7.11 Å². The molecule has 80 valence electrons. The largest absolute Gasteiger partial charge is 0.469 e. The smallest absolute Gasteiger partial charge is 0.312 e. The van der Waals surface area contributed by atoms with Gasteiger partial charge in [-0.3, -0.25) is 4.79 Å². The predicted molar refractivity (Wildman–Crippen MR) is 55.0 cm³/mol. The van der Waals surface area contributed by atoms with Crippen molar-refractivity contribution in [1.29, 1.82) is 0 Å². The molecule has 0 aromatic carbocycles. The molecule has 0 radical (unpaired) electrons. The molecule has 3 saturated carbocycles. The van der Waals surface area contributed by atoms with E-state index < -0.39 is 0 Å². The third kappa shape index (κ3) is 0.745. The Morgan fingerprint density at radius 2 is 2.27 bits per heavy atom. The van der Waals surface area contributed by atoms with Crippen LogP contribution in [0, 0.1) is 29.1 Å². The maximum Gasteiger partial charge on any atom is 0.312 e. The van der Waals surface area contributed by atoms with Gasteiger partial charge in [0.1, 0.15) is 0 Å². The van der Waals surface area contributed by atoms with Crippen molar-refractivity contribution in [2.45, 2.75) is 25.7 Å². The van der Waals surface area contributed by atoms with E-state index in [9.17, 15) is 4.79 Å². The lowest BCUT2D eigenvalue weighted by atomic mass is 9.68. The van der Waals surface area contributed by atoms with Crippen LogP contribution in [0.25, 0.3) is 0 Å². The van der Waals surface area contributed by atoms with Crippen molar-refractivity contribution in [3.05, 3.63) is 11.6 Å². The molecule has 0 aromatic heterocycles. The fraction of sp³-hybridized carbons (Fsp3) is 0.769. The molecule has 3 fully saturated rings. The molecule has 0 amide bonds. The number of esters is 1. The Morgan fingerprint density at radius 1 is 1.40 bits per heavy atom.